The number of fused-ring (bicyclic) bond motifs is 2. The molecule has 1 aliphatic heterocycles. The van der Waals surface area contributed by atoms with Crippen LogP contribution in [0.2, 0.25) is 0 Å². The van der Waals surface area contributed by atoms with Crippen molar-refractivity contribution in [3.63, 3.8) is 0 Å². The second-order valence-corrected chi connectivity index (χ2v) is 5.41. The van der Waals surface area contributed by atoms with Gasteiger partial charge in [0.15, 0.2) is 5.69 Å². The van der Waals surface area contributed by atoms with Crippen molar-refractivity contribution in [2.24, 2.45) is 0 Å². The van der Waals surface area contributed by atoms with E-state index in [1.807, 2.05) is 24.3 Å². The number of amides is 1. The molecule has 0 fully saturated rings. The van der Waals surface area contributed by atoms with Gasteiger partial charge in [0.25, 0.3) is 5.91 Å². The Morgan fingerprint density at radius 1 is 1.32 bits per heavy atom. The van der Waals surface area contributed by atoms with Gasteiger partial charge in [0, 0.05) is 31.3 Å². The highest BCUT2D eigenvalue weighted by Gasteiger charge is 2.18. The minimum Gasteiger partial charge on any atom is -0.350 e. The standard InChI is InChI=1S/C15H16N6O/c22-15(14-10-4-1-2-5-11(10)17-20-14)16-8-7-13-19-18-12-6-3-9-21(12)13/h1-2,4-5H,3,6-9H2,(H,16,22)(H,17,20). The van der Waals surface area contributed by atoms with Gasteiger partial charge in [0.1, 0.15) is 11.6 Å². The predicted molar refractivity (Wildman–Crippen MR) is 80.5 cm³/mol. The van der Waals surface area contributed by atoms with Gasteiger partial charge < -0.3 is 9.88 Å². The summed E-state index contributed by atoms with van der Waals surface area (Å²) in [5, 5.41) is 19.1. The first-order valence-electron chi connectivity index (χ1n) is 7.45. The molecule has 0 aliphatic carbocycles. The van der Waals surface area contributed by atoms with Gasteiger partial charge in [-0.25, -0.2) is 0 Å². The Kier molecular flexibility index (Phi) is 3.10. The Labute approximate surface area is 126 Å². The van der Waals surface area contributed by atoms with Crippen LogP contribution in [-0.2, 0) is 19.4 Å². The minimum atomic E-state index is -0.168. The monoisotopic (exact) mass is 296 g/mol. The molecule has 7 nitrogen and oxygen atoms in total. The number of aromatic amines is 1. The van der Waals surface area contributed by atoms with E-state index in [4.69, 9.17) is 0 Å². The number of aryl methyl sites for hydroxylation is 1. The number of para-hydroxylation sites is 1. The number of carbonyl (C=O) groups excluding carboxylic acids is 1. The zero-order chi connectivity index (χ0) is 14.9. The highest BCUT2D eigenvalue weighted by atomic mass is 16.1. The molecule has 0 spiro atoms. The molecule has 3 heterocycles. The van der Waals surface area contributed by atoms with Crippen LogP contribution in [0.1, 0.15) is 28.6 Å². The van der Waals surface area contributed by atoms with Crippen LogP contribution in [0.25, 0.3) is 10.9 Å². The molecule has 1 amide bonds. The Morgan fingerprint density at radius 2 is 2.23 bits per heavy atom. The van der Waals surface area contributed by atoms with E-state index in [0.29, 0.717) is 18.7 Å². The molecule has 4 rings (SSSR count). The first-order valence-corrected chi connectivity index (χ1v) is 7.45. The van der Waals surface area contributed by atoms with Gasteiger partial charge in [-0.05, 0) is 12.5 Å². The molecule has 3 aromatic rings. The quantitative estimate of drug-likeness (QED) is 0.754. The first kappa shape index (κ1) is 13.0. The molecule has 1 aromatic carbocycles. The van der Waals surface area contributed by atoms with Crippen LogP contribution in [0.3, 0.4) is 0 Å². The molecule has 1 aliphatic rings. The van der Waals surface area contributed by atoms with Gasteiger partial charge in [0.05, 0.1) is 5.52 Å². The van der Waals surface area contributed by atoms with Crippen molar-refractivity contribution in [3.05, 3.63) is 41.6 Å². The molecule has 112 valence electrons. The van der Waals surface area contributed by atoms with Crippen LogP contribution in [-0.4, -0.2) is 37.4 Å². The van der Waals surface area contributed by atoms with Crippen LogP contribution in [0.15, 0.2) is 24.3 Å². The zero-order valence-electron chi connectivity index (χ0n) is 12.0. The van der Waals surface area contributed by atoms with Gasteiger partial charge in [-0.2, -0.15) is 5.10 Å². The highest BCUT2D eigenvalue weighted by Crippen LogP contribution is 2.15. The van der Waals surface area contributed by atoms with E-state index in [-0.39, 0.29) is 5.91 Å². The van der Waals surface area contributed by atoms with Crippen LogP contribution >= 0.6 is 0 Å². The summed E-state index contributed by atoms with van der Waals surface area (Å²) in [6.07, 6.45) is 2.81. The molecule has 7 heteroatoms. The van der Waals surface area contributed by atoms with E-state index in [9.17, 15) is 4.79 Å². The Hall–Kier alpha value is -2.70. The lowest BCUT2D eigenvalue weighted by atomic mass is 10.2. The van der Waals surface area contributed by atoms with E-state index in [1.54, 1.807) is 0 Å². The van der Waals surface area contributed by atoms with Crippen molar-refractivity contribution in [3.8, 4) is 0 Å². The molecule has 0 saturated heterocycles. The number of nitrogens with zero attached hydrogens (tertiary/aromatic N) is 4. The highest BCUT2D eigenvalue weighted by molar-refractivity contribution is 6.04. The van der Waals surface area contributed by atoms with Crippen molar-refractivity contribution in [1.82, 2.24) is 30.3 Å². The fourth-order valence-electron chi connectivity index (χ4n) is 2.90. The van der Waals surface area contributed by atoms with Gasteiger partial charge >= 0.3 is 0 Å². The summed E-state index contributed by atoms with van der Waals surface area (Å²) >= 11 is 0. The predicted octanol–water partition coefficient (Wildman–Crippen LogP) is 1.07. The molecule has 0 radical (unpaired) electrons. The van der Waals surface area contributed by atoms with Crippen molar-refractivity contribution in [2.75, 3.05) is 6.54 Å². The van der Waals surface area contributed by atoms with Crippen molar-refractivity contribution in [1.29, 1.82) is 0 Å². The lowest BCUT2D eigenvalue weighted by Gasteiger charge is -2.04. The smallest absolute Gasteiger partial charge is 0.272 e. The molecular formula is C15H16N6O. The summed E-state index contributed by atoms with van der Waals surface area (Å²) < 4.78 is 2.15. The minimum absolute atomic E-state index is 0.168. The molecule has 0 unspecified atom stereocenters. The average Bonchev–Trinajstić information content (AvgIpc) is 3.23. The van der Waals surface area contributed by atoms with E-state index in [2.05, 4.69) is 30.3 Å². The van der Waals surface area contributed by atoms with E-state index in [1.165, 1.54) is 0 Å². The van der Waals surface area contributed by atoms with Crippen LogP contribution in [0.5, 0.6) is 0 Å². The molecule has 0 atom stereocenters. The summed E-state index contributed by atoms with van der Waals surface area (Å²) in [5.41, 5.74) is 1.30. The van der Waals surface area contributed by atoms with Crippen molar-refractivity contribution in [2.45, 2.75) is 25.8 Å². The van der Waals surface area contributed by atoms with Gasteiger partial charge in [0.2, 0.25) is 0 Å². The third-order valence-electron chi connectivity index (χ3n) is 4.01. The molecule has 22 heavy (non-hydrogen) atoms. The maximum absolute atomic E-state index is 12.2. The van der Waals surface area contributed by atoms with E-state index >= 15 is 0 Å². The second kappa shape index (κ2) is 5.25. The Morgan fingerprint density at radius 3 is 3.18 bits per heavy atom. The first-order chi connectivity index (χ1) is 10.8. The maximum atomic E-state index is 12.2. The maximum Gasteiger partial charge on any atom is 0.272 e. The largest absolute Gasteiger partial charge is 0.350 e. The van der Waals surface area contributed by atoms with Crippen LogP contribution in [0, 0.1) is 0 Å². The number of benzene rings is 1. The third-order valence-corrected chi connectivity index (χ3v) is 4.01. The van der Waals surface area contributed by atoms with Gasteiger partial charge in [-0.3, -0.25) is 9.89 Å². The fraction of sp³-hybridized carbons (Fsp3) is 0.333. The number of rotatable bonds is 4. The number of nitrogens with one attached hydrogen (secondary N) is 2. The fourth-order valence-corrected chi connectivity index (χ4v) is 2.90. The summed E-state index contributed by atoms with van der Waals surface area (Å²) in [6.45, 7) is 1.51. The number of hydrogen-bond acceptors (Lipinski definition) is 4. The third kappa shape index (κ3) is 2.14. The molecule has 0 saturated carbocycles. The van der Waals surface area contributed by atoms with E-state index < -0.39 is 0 Å². The normalized spacial score (nSPS) is 13.5. The second-order valence-electron chi connectivity index (χ2n) is 5.41. The lowest BCUT2D eigenvalue weighted by Crippen LogP contribution is -2.27. The van der Waals surface area contributed by atoms with Crippen LogP contribution < -0.4 is 5.32 Å². The number of carbonyl (C=O) groups is 1. The molecule has 2 aromatic heterocycles. The van der Waals surface area contributed by atoms with Crippen LogP contribution in [0.4, 0.5) is 0 Å². The molecule has 0 bridgehead atoms. The molecular weight excluding hydrogens is 280 g/mol. The zero-order valence-corrected chi connectivity index (χ0v) is 12.0. The summed E-state index contributed by atoms with van der Waals surface area (Å²) in [5.74, 6) is 1.83. The van der Waals surface area contributed by atoms with Crippen molar-refractivity contribution >= 4 is 16.8 Å². The van der Waals surface area contributed by atoms with E-state index in [0.717, 1.165) is 41.9 Å². The number of aromatic nitrogens is 5. The average molecular weight is 296 g/mol. The van der Waals surface area contributed by atoms with Gasteiger partial charge in [-0.15, -0.1) is 10.2 Å². The summed E-state index contributed by atoms with van der Waals surface area (Å²) in [6, 6.07) is 7.60. The molecule has 2 N–H and O–H groups in total. The SMILES string of the molecule is O=C(NCCc1nnc2n1CCC2)c1n[nH]c2ccccc12. The number of hydrogen-bond donors (Lipinski definition) is 2. The summed E-state index contributed by atoms with van der Waals surface area (Å²) in [7, 11) is 0. The topological polar surface area (TPSA) is 88.5 Å². The van der Waals surface area contributed by atoms with Gasteiger partial charge in [-0.1, -0.05) is 18.2 Å². The summed E-state index contributed by atoms with van der Waals surface area (Å²) in [4.78, 5) is 12.2. The Balaban J connectivity index is 1.42. The van der Waals surface area contributed by atoms with Crippen molar-refractivity contribution < 1.29 is 4.79 Å². The number of H-pyrrole nitrogens is 1. The Bertz CT molecular complexity index is 834. The lowest BCUT2D eigenvalue weighted by molar-refractivity contribution is 0.0950.